The summed E-state index contributed by atoms with van der Waals surface area (Å²) in [5.41, 5.74) is 3.57. The highest BCUT2D eigenvalue weighted by Crippen LogP contribution is 2.24. The molecule has 0 saturated carbocycles. The monoisotopic (exact) mass is 331 g/mol. The first-order valence-electron chi connectivity index (χ1n) is 6.32. The number of halogens is 1. The number of rotatable bonds is 3. The lowest BCUT2D eigenvalue weighted by atomic mass is 10.0. The molecule has 0 spiro atoms. The van der Waals surface area contributed by atoms with E-state index in [1.807, 2.05) is 18.3 Å². The molecule has 0 N–H and O–H groups in total. The van der Waals surface area contributed by atoms with E-state index in [0.717, 1.165) is 24.1 Å². The number of para-hydroxylation sites is 1. The van der Waals surface area contributed by atoms with E-state index in [1.165, 1.54) is 19.6 Å². The highest BCUT2D eigenvalue weighted by molar-refractivity contribution is 9.11. The van der Waals surface area contributed by atoms with Crippen LogP contribution < -0.4 is 0 Å². The van der Waals surface area contributed by atoms with Gasteiger partial charge in [-0.05, 0) is 59.5 Å². The van der Waals surface area contributed by atoms with E-state index in [2.05, 4.69) is 63.4 Å². The molecule has 0 unspecified atom stereocenters. The van der Waals surface area contributed by atoms with Crippen molar-refractivity contribution in [1.29, 1.82) is 0 Å². The summed E-state index contributed by atoms with van der Waals surface area (Å²) >= 11 is 5.33. The number of thiophene rings is 1. The predicted molar refractivity (Wildman–Crippen MR) is 85.9 cm³/mol. The van der Waals surface area contributed by atoms with Gasteiger partial charge in [0.05, 0.1) is 9.30 Å². The highest BCUT2D eigenvalue weighted by atomic mass is 79.9. The van der Waals surface area contributed by atoms with Crippen LogP contribution >= 0.6 is 27.3 Å². The minimum atomic E-state index is 1.04. The van der Waals surface area contributed by atoms with Crippen LogP contribution in [0.25, 0.3) is 10.9 Å². The summed E-state index contributed by atoms with van der Waals surface area (Å²) in [6.07, 6.45) is 2.12. The lowest BCUT2D eigenvalue weighted by Crippen LogP contribution is -1.93. The Balaban J connectivity index is 1.90. The molecule has 0 saturated heterocycles. The zero-order chi connectivity index (χ0) is 13.2. The third-order valence-electron chi connectivity index (χ3n) is 3.21. The Bertz CT molecular complexity index is 718. The molecule has 0 aliphatic carbocycles. The summed E-state index contributed by atoms with van der Waals surface area (Å²) < 4.78 is 1.20. The SMILES string of the molecule is Cc1ccc2cccc(CCc3ccc(Br)s3)c2n1. The molecule has 0 aliphatic heterocycles. The number of fused-ring (bicyclic) bond motifs is 1. The zero-order valence-corrected chi connectivity index (χ0v) is 13.1. The maximum absolute atomic E-state index is 4.69. The van der Waals surface area contributed by atoms with Crippen LogP contribution in [0.15, 0.2) is 46.3 Å². The maximum atomic E-state index is 4.69. The van der Waals surface area contributed by atoms with Gasteiger partial charge in [0, 0.05) is 16.0 Å². The Morgan fingerprint density at radius 2 is 1.95 bits per heavy atom. The molecule has 96 valence electrons. The topological polar surface area (TPSA) is 12.9 Å². The average molecular weight is 332 g/mol. The third kappa shape index (κ3) is 2.88. The smallest absolute Gasteiger partial charge is 0.0737 e. The Hall–Kier alpha value is -1.19. The molecule has 19 heavy (non-hydrogen) atoms. The summed E-state index contributed by atoms with van der Waals surface area (Å²) in [5, 5.41) is 1.23. The molecule has 1 aromatic carbocycles. The normalized spacial score (nSPS) is 11.1. The van der Waals surface area contributed by atoms with E-state index < -0.39 is 0 Å². The second-order valence-electron chi connectivity index (χ2n) is 4.65. The first-order valence-corrected chi connectivity index (χ1v) is 7.93. The van der Waals surface area contributed by atoms with Crippen LogP contribution in [0.1, 0.15) is 16.1 Å². The standard InChI is InChI=1S/C16H14BrNS/c1-11-5-6-12-3-2-4-13(16(12)18-11)7-8-14-9-10-15(17)19-14/h2-6,9-10H,7-8H2,1H3. The van der Waals surface area contributed by atoms with E-state index in [4.69, 9.17) is 0 Å². The molecule has 0 radical (unpaired) electrons. The first kappa shape index (κ1) is 12.8. The minimum Gasteiger partial charge on any atom is -0.253 e. The number of aromatic nitrogens is 1. The van der Waals surface area contributed by atoms with E-state index in [0.29, 0.717) is 0 Å². The van der Waals surface area contributed by atoms with Crippen molar-refractivity contribution in [3.8, 4) is 0 Å². The third-order valence-corrected chi connectivity index (χ3v) is 4.90. The van der Waals surface area contributed by atoms with Gasteiger partial charge in [-0.2, -0.15) is 0 Å². The summed E-state index contributed by atoms with van der Waals surface area (Å²) in [7, 11) is 0. The second-order valence-corrected chi connectivity index (χ2v) is 7.19. The van der Waals surface area contributed by atoms with Crippen LogP contribution in [-0.2, 0) is 12.8 Å². The molecule has 3 heteroatoms. The predicted octanol–water partition coefficient (Wildman–Crippen LogP) is 5.15. The molecular weight excluding hydrogens is 318 g/mol. The Morgan fingerprint density at radius 3 is 2.74 bits per heavy atom. The average Bonchev–Trinajstić information content (AvgIpc) is 2.82. The number of hydrogen-bond donors (Lipinski definition) is 0. The van der Waals surface area contributed by atoms with Crippen LogP contribution in [-0.4, -0.2) is 4.98 Å². The van der Waals surface area contributed by atoms with Gasteiger partial charge in [0.25, 0.3) is 0 Å². The van der Waals surface area contributed by atoms with Crippen molar-refractivity contribution in [1.82, 2.24) is 4.98 Å². The van der Waals surface area contributed by atoms with Gasteiger partial charge < -0.3 is 0 Å². The minimum absolute atomic E-state index is 1.04. The molecule has 2 aromatic heterocycles. The summed E-state index contributed by atoms with van der Waals surface area (Å²) in [5.74, 6) is 0. The van der Waals surface area contributed by atoms with Crippen LogP contribution in [0.4, 0.5) is 0 Å². The summed E-state index contributed by atoms with van der Waals surface area (Å²) in [6.45, 7) is 2.05. The Kier molecular flexibility index (Phi) is 3.67. The van der Waals surface area contributed by atoms with Crippen molar-refractivity contribution in [2.45, 2.75) is 19.8 Å². The van der Waals surface area contributed by atoms with Crippen LogP contribution in [0, 0.1) is 6.92 Å². The molecule has 1 nitrogen and oxygen atoms in total. The maximum Gasteiger partial charge on any atom is 0.0737 e. The van der Waals surface area contributed by atoms with Gasteiger partial charge in [0.1, 0.15) is 0 Å². The van der Waals surface area contributed by atoms with Gasteiger partial charge in [0.2, 0.25) is 0 Å². The van der Waals surface area contributed by atoms with E-state index in [9.17, 15) is 0 Å². The molecule has 2 heterocycles. The van der Waals surface area contributed by atoms with Crippen molar-refractivity contribution >= 4 is 38.2 Å². The molecular formula is C16H14BrNS. The van der Waals surface area contributed by atoms with Gasteiger partial charge in [0.15, 0.2) is 0 Å². The summed E-state index contributed by atoms with van der Waals surface area (Å²) in [4.78, 5) is 6.10. The fourth-order valence-electron chi connectivity index (χ4n) is 2.25. The van der Waals surface area contributed by atoms with Crippen LogP contribution in [0.2, 0.25) is 0 Å². The highest BCUT2D eigenvalue weighted by Gasteiger charge is 2.04. The molecule has 0 amide bonds. The molecule has 0 fully saturated rings. The van der Waals surface area contributed by atoms with Gasteiger partial charge in [-0.15, -0.1) is 11.3 Å². The van der Waals surface area contributed by atoms with Gasteiger partial charge in [-0.1, -0.05) is 24.3 Å². The second kappa shape index (κ2) is 5.43. The fraction of sp³-hybridized carbons (Fsp3) is 0.188. The lowest BCUT2D eigenvalue weighted by Gasteiger charge is -2.06. The Morgan fingerprint density at radius 1 is 1.05 bits per heavy atom. The van der Waals surface area contributed by atoms with E-state index in [1.54, 1.807) is 0 Å². The summed E-state index contributed by atoms with van der Waals surface area (Å²) in [6, 6.07) is 15.0. The van der Waals surface area contributed by atoms with Crippen molar-refractivity contribution in [2.24, 2.45) is 0 Å². The molecule has 0 atom stereocenters. The number of benzene rings is 1. The lowest BCUT2D eigenvalue weighted by molar-refractivity contribution is 0.984. The number of aryl methyl sites for hydroxylation is 3. The van der Waals surface area contributed by atoms with Gasteiger partial charge in [-0.25, -0.2) is 0 Å². The molecule has 3 rings (SSSR count). The van der Waals surface area contributed by atoms with Gasteiger partial charge >= 0.3 is 0 Å². The fourth-order valence-corrected chi connectivity index (χ4v) is 3.73. The Labute approximate surface area is 125 Å². The van der Waals surface area contributed by atoms with Crippen molar-refractivity contribution in [2.75, 3.05) is 0 Å². The van der Waals surface area contributed by atoms with E-state index >= 15 is 0 Å². The quantitative estimate of drug-likeness (QED) is 0.646. The van der Waals surface area contributed by atoms with Crippen molar-refractivity contribution in [3.63, 3.8) is 0 Å². The van der Waals surface area contributed by atoms with E-state index in [-0.39, 0.29) is 0 Å². The molecule has 0 aliphatic rings. The number of pyridine rings is 1. The first-order chi connectivity index (χ1) is 9.22. The number of nitrogens with zero attached hydrogens (tertiary/aromatic N) is 1. The van der Waals surface area contributed by atoms with Gasteiger partial charge in [-0.3, -0.25) is 4.98 Å². The molecule has 0 bridgehead atoms. The van der Waals surface area contributed by atoms with Crippen molar-refractivity contribution in [3.05, 3.63) is 62.4 Å². The number of hydrogen-bond acceptors (Lipinski definition) is 2. The van der Waals surface area contributed by atoms with Crippen LogP contribution in [0.5, 0.6) is 0 Å². The van der Waals surface area contributed by atoms with Crippen molar-refractivity contribution < 1.29 is 0 Å². The zero-order valence-electron chi connectivity index (χ0n) is 10.7. The largest absolute Gasteiger partial charge is 0.253 e. The van der Waals surface area contributed by atoms with Crippen LogP contribution in [0.3, 0.4) is 0 Å². The molecule has 3 aromatic rings.